The molecular weight excluding hydrogens is 344 g/mol. The highest BCUT2D eigenvalue weighted by molar-refractivity contribution is 6.32. The number of nitrogens with zero attached hydrogens (tertiary/aromatic N) is 2. The first-order valence-corrected chi connectivity index (χ1v) is 8.25. The molecule has 1 amide bonds. The van der Waals surface area contributed by atoms with Crippen LogP contribution in [0.15, 0.2) is 24.5 Å². The van der Waals surface area contributed by atoms with Crippen LogP contribution in [0, 0.1) is 0 Å². The fourth-order valence-corrected chi connectivity index (χ4v) is 2.31. The largest absolute Gasteiger partial charge is 0.495 e. The zero-order valence-corrected chi connectivity index (χ0v) is 15.2. The van der Waals surface area contributed by atoms with Gasteiger partial charge in [0, 0.05) is 18.7 Å². The molecule has 1 aromatic heterocycles. The zero-order valence-electron chi connectivity index (χ0n) is 14.4. The van der Waals surface area contributed by atoms with Gasteiger partial charge in [-0.15, -0.1) is 0 Å². The number of methoxy groups -OCH3 is 2. The SMILES string of the molecule is CCCCNc1cnc(C(=O)Nc2cc(OC)c(Cl)cc2OC)cn1. The van der Waals surface area contributed by atoms with Gasteiger partial charge in [-0.05, 0) is 6.42 Å². The van der Waals surface area contributed by atoms with Crippen LogP contribution in [0.3, 0.4) is 0 Å². The molecule has 0 spiro atoms. The molecular formula is C17H21ClN4O3. The quantitative estimate of drug-likeness (QED) is 0.696. The lowest BCUT2D eigenvalue weighted by Gasteiger charge is -2.13. The second-order valence-corrected chi connectivity index (χ2v) is 5.62. The number of carbonyl (C=O) groups is 1. The van der Waals surface area contributed by atoms with Crippen molar-refractivity contribution in [2.24, 2.45) is 0 Å². The molecule has 1 heterocycles. The van der Waals surface area contributed by atoms with E-state index in [1.807, 2.05) is 0 Å². The van der Waals surface area contributed by atoms with Gasteiger partial charge in [0.1, 0.15) is 23.0 Å². The molecule has 25 heavy (non-hydrogen) atoms. The van der Waals surface area contributed by atoms with Gasteiger partial charge in [0.05, 0.1) is 37.3 Å². The first kappa shape index (κ1) is 18.8. The van der Waals surface area contributed by atoms with Crippen LogP contribution in [-0.2, 0) is 0 Å². The van der Waals surface area contributed by atoms with E-state index in [2.05, 4.69) is 27.5 Å². The Morgan fingerprint density at radius 3 is 2.52 bits per heavy atom. The van der Waals surface area contributed by atoms with E-state index in [4.69, 9.17) is 21.1 Å². The van der Waals surface area contributed by atoms with Crippen molar-refractivity contribution in [2.75, 3.05) is 31.4 Å². The third kappa shape index (κ3) is 4.96. The first-order valence-electron chi connectivity index (χ1n) is 7.87. The molecule has 0 radical (unpaired) electrons. The Hall–Kier alpha value is -2.54. The number of aromatic nitrogens is 2. The van der Waals surface area contributed by atoms with Gasteiger partial charge in [0.15, 0.2) is 0 Å². The van der Waals surface area contributed by atoms with E-state index in [0.717, 1.165) is 19.4 Å². The molecule has 2 rings (SSSR count). The molecule has 7 nitrogen and oxygen atoms in total. The van der Waals surface area contributed by atoms with Gasteiger partial charge in [-0.3, -0.25) is 4.79 Å². The molecule has 0 bridgehead atoms. The molecule has 2 aromatic rings. The lowest BCUT2D eigenvalue weighted by Crippen LogP contribution is -2.15. The van der Waals surface area contributed by atoms with Crippen molar-refractivity contribution in [1.82, 2.24) is 9.97 Å². The second-order valence-electron chi connectivity index (χ2n) is 5.21. The molecule has 0 aliphatic heterocycles. The Labute approximate surface area is 151 Å². The average Bonchev–Trinajstić information content (AvgIpc) is 2.63. The van der Waals surface area contributed by atoms with Crippen molar-refractivity contribution >= 4 is 29.0 Å². The number of ether oxygens (including phenoxy) is 2. The normalized spacial score (nSPS) is 10.2. The zero-order chi connectivity index (χ0) is 18.2. The number of anilines is 2. The predicted molar refractivity (Wildman–Crippen MR) is 97.9 cm³/mol. The van der Waals surface area contributed by atoms with Crippen LogP contribution in [0.5, 0.6) is 11.5 Å². The molecule has 0 aliphatic carbocycles. The van der Waals surface area contributed by atoms with E-state index in [9.17, 15) is 4.79 Å². The maximum absolute atomic E-state index is 12.4. The number of halogens is 1. The molecule has 1 aromatic carbocycles. The minimum Gasteiger partial charge on any atom is -0.495 e. The van der Waals surface area contributed by atoms with Crippen LogP contribution in [-0.4, -0.2) is 36.6 Å². The van der Waals surface area contributed by atoms with Gasteiger partial charge in [0.2, 0.25) is 0 Å². The topological polar surface area (TPSA) is 85.4 Å². The summed E-state index contributed by atoms with van der Waals surface area (Å²) in [4.78, 5) is 20.7. The lowest BCUT2D eigenvalue weighted by molar-refractivity contribution is 0.102. The number of carbonyl (C=O) groups excluding carboxylic acids is 1. The second kappa shape index (κ2) is 9.08. The molecule has 2 N–H and O–H groups in total. The summed E-state index contributed by atoms with van der Waals surface area (Å²) in [5, 5.41) is 6.26. The van der Waals surface area contributed by atoms with Gasteiger partial charge >= 0.3 is 0 Å². The molecule has 134 valence electrons. The number of hydrogen-bond acceptors (Lipinski definition) is 6. The van der Waals surface area contributed by atoms with E-state index >= 15 is 0 Å². The smallest absolute Gasteiger partial charge is 0.275 e. The standard InChI is InChI=1S/C17H21ClN4O3/c1-4-5-6-19-16-10-20-13(9-21-16)17(23)22-12-8-14(24-2)11(18)7-15(12)25-3/h7-10H,4-6H2,1-3H3,(H,19,21)(H,22,23). The highest BCUT2D eigenvalue weighted by Gasteiger charge is 2.15. The van der Waals surface area contributed by atoms with Gasteiger partial charge < -0.3 is 20.1 Å². The molecule has 0 saturated carbocycles. The minimum atomic E-state index is -0.407. The summed E-state index contributed by atoms with van der Waals surface area (Å²) in [6, 6.07) is 3.16. The fourth-order valence-electron chi connectivity index (χ4n) is 2.07. The number of unbranched alkanes of at least 4 members (excludes halogenated alkanes) is 1. The summed E-state index contributed by atoms with van der Waals surface area (Å²) in [5.74, 6) is 1.08. The van der Waals surface area contributed by atoms with E-state index in [1.54, 1.807) is 12.1 Å². The summed E-state index contributed by atoms with van der Waals surface area (Å²) in [7, 11) is 2.99. The minimum absolute atomic E-state index is 0.192. The monoisotopic (exact) mass is 364 g/mol. The Morgan fingerprint density at radius 1 is 1.16 bits per heavy atom. The third-order valence-corrected chi connectivity index (χ3v) is 3.74. The van der Waals surface area contributed by atoms with Gasteiger partial charge in [-0.2, -0.15) is 0 Å². The number of amides is 1. The van der Waals surface area contributed by atoms with Crippen LogP contribution < -0.4 is 20.1 Å². The number of benzene rings is 1. The van der Waals surface area contributed by atoms with E-state index < -0.39 is 5.91 Å². The average molecular weight is 365 g/mol. The van der Waals surface area contributed by atoms with Crippen molar-refractivity contribution in [2.45, 2.75) is 19.8 Å². The van der Waals surface area contributed by atoms with Crippen molar-refractivity contribution in [3.8, 4) is 11.5 Å². The lowest BCUT2D eigenvalue weighted by atomic mass is 10.2. The van der Waals surface area contributed by atoms with Crippen LogP contribution in [0.25, 0.3) is 0 Å². The Bertz CT molecular complexity index is 723. The molecule has 0 atom stereocenters. The summed E-state index contributed by atoms with van der Waals surface area (Å²) >= 11 is 6.06. The maximum Gasteiger partial charge on any atom is 0.275 e. The fraction of sp³-hybridized carbons (Fsp3) is 0.353. The van der Waals surface area contributed by atoms with E-state index in [1.165, 1.54) is 26.6 Å². The van der Waals surface area contributed by atoms with Gasteiger partial charge in [0.25, 0.3) is 5.91 Å². The summed E-state index contributed by atoms with van der Waals surface area (Å²) in [6.07, 6.45) is 5.09. The Balaban J connectivity index is 2.11. The Kier molecular flexibility index (Phi) is 6.82. The number of nitrogens with one attached hydrogen (secondary N) is 2. The van der Waals surface area contributed by atoms with Crippen molar-refractivity contribution in [3.63, 3.8) is 0 Å². The molecule has 0 unspecified atom stereocenters. The first-order chi connectivity index (χ1) is 12.1. The van der Waals surface area contributed by atoms with Crippen LogP contribution in [0.1, 0.15) is 30.3 Å². The van der Waals surface area contributed by atoms with E-state index in [-0.39, 0.29) is 5.69 Å². The maximum atomic E-state index is 12.4. The Morgan fingerprint density at radius 2 is 1.92 bits per heavy atom. The van der Waals surface area contributed by atoms with Gasteiger partial charge in [-0.1, -0.05) is 24.9 Å². The molecule has 8 heteroatoms. The summed E-state index contributed by atoms with van der Waals surface area (Å²) in [6.45, 7) is 2.93. The predicted octanol–water partition coefficient (Wildman–Crippen LogP) is 3.61. The third-order valence-electron chi connectivity index (χ3n) is 3.44. The highest BCUT2D eigenvalue weighted by Crippen LogP contribution is 2.35. The van der Waals surface area contributed by atoms with E-state index in [0.29, 0.717) is 28.0 Å². The van der Waals surface area contributed by atoms with Crippen molar-refractivity contribution in [1.29, 1.82) is 0 Å². The van der Waals surface area contributed by atoms with Crippen molar-refractivity contribution in [3.05, 3.63) is 35.2 Å². The van der Waals surface area contributed by atoms with Crippen LogP contribution >= 0.6 is 11.6 Å². The summed E-state index contributed by atoms with van der Waals surface area (Å²) in [5.41, 5.74) is 0.623. The van der Waals surface area contributed by atoms with Crippen LogP contribution in [0.4, 0.5) is 11.5 Å². The number of rotatable bonds is 8. The van der Waals surface area contributed by atoms with Gasteiger partial charge in [-0.25, -0.2) is 9.97 Å². The number of hydrogen-bond donors (Lipinski definition) is 2. The van der Waals surface area contributed by atoms with Crippen molar-refractivity contribution < 1.29 is 14.3 Å². The molecule has 0 aliphatic rings. The van der Waals surface area contributed by atoms with Crippen LogP contribution in [0.2, 0.25) is 5.02 Å². The molecule has 0 fully saturated rings. The molecule has 0 saturated heterocycles. The summed E-state index contributed by atoms with van der Waals surface area (Å²) < 4.78 is 10.4. The highest BCUT2D eigenvalue weighted by atomic mass is 35.5.